The molecule has 0 saturated heterocycles. The Balaban J connectivity index is 2.55. The standard InChI is InChI=1S/C13H22O2/c1-5-13(3,4)12(14)15-11-8-6-7-10(2)9-11/h9,11H,5-8H2,1-4H3. The van der Waals surface area contributed by atoms with E-state index in [4.69, 9.17) is 4.74 Å². The Morgan fingerprint density at radius 1 is 1.60 bits per heavy atom. The molecule has 2 heteroatoms. The van der Waals surface area contributed by atoms with Crippen LogP contribution in [0, 0.1) is 5.41 Å². The first-order valence-corrected chi connectivity index (χ1v) is 5.84. The lowest BCUT2D eigenvalue weighted by atomic mass is 9.90. The Labute approximate surface area is 92.7 Å². The summed E-state index contributed by atoms with van der Waals surface area (Å²) in [6.45, 7) is 8.00. The molecule has 0 radical (unpaired) electrons. The minimum Gasteiger partial charge on any atom is -0.458 e. The fourth-order valence-corrected chi connectivity index (χ4v) is 1.60. The van der Waals surface area contributed by atoms with Crippen molar-refractivity contribution in [2.45, 2.75) is 59.5 Å². The first kappa shape index (κ1) is 12.3. The molecule has 0 aromatic carbocycles. The molecule has 0 amide bonds. The molecule has 1 aliphatic carbocycles. The van der Waals surface area contributed by atoms with Gasteiger partial charge in [-0.3, -0.25) is 4.79 Å². The maximum Gasteiger partial charge on any atom is 0.312 e. The lowest BCUT2D eigenvalue weighted by Gasteiger charge is -2.26. The first-order valence-electron chi connectivity index (χ1n) is 5.84. The Morgan fingerprint density at radius 3 is 2.80 bits per heavy atom. The van der Waals surface area contributed by atoms with Gasteiger partial charge in [-0.05, 0) is 52.5 Å². The monoisotopic (exact) mass is 210 g/mol. The molecule has 0 fully saturated rings. The van der Waals surface area contributed by atoms with Crippen LogP contribution in [0.3, 0.4) is 0 Å². The van der Waals surface area contributed by atoms with Gasteiger partial charge in [0.2, 0.25) is 0 Å². The summed E-state index contributed by atoms with van der Waals surface area (Å²) in [6, 6.07) is 0. The maximum absolute atomic E-state index is 11.8. The second-order valence-corrected chi connectivity index (χ2v) is 5.09. The molecule has 0 heterocycles. The summed E-state index contributed by atoms with van der Waals surface area (Å²) in [5.74, 6) is -0.0686. The minimum absolute atomic E-state index is 0.0112. The van der Waals surface area contributed by atoms with Crippen LogP contribution >= 0.6 is 0 Å². The van der Waals surface area contributed by atoms with Crippen molar-refractivity contribution in [2.75, 3.05) is 0 Å². The zero-order valence-corrected chi connectivity index (χ0v) is 10.3. The van der Waals surface area contributed by atoms with E-state index < -0.39 is 0 Å². The lowest BCUT2D eigenvalue weighted by Crippen LogP contribution is -2.30. The van der Waals surface area contributed by atoms with Gasteiger partial charge in [-0.1, -0.05) is 12.5 Å². The van der Waals surface area contributed by atoms with Crippen molar-refractivity contribution in [1.82, 2.24) is 0 Å². The number of carbonyl (C=O) groups excluding carboxylic acids is 1. The van der Waals surface area contributed by atoms with Gasteiger partial charge in [0.15, 0.2) is 0 Å². The van der Waals surface area contributed by atoms with E-state index in [1.807, 2.05) is 20.8 Å². The van der Waals surface area contributed by atoms with Crippen LogP contribution in [0.15, 0.2) is 11.6 Å². The highest BCUT2D eigenvalue weighted by atomic mass is 16.5. The number of hydrogen-bond acceptors (Lipinski definition) is 2. The summed E-state index contributed by atoms with van der Waals surface area (Å²) in [6.07, 6.45) is 6.17. The molecule has 15 heavy (non-hydrogen) atoms. The summed E-state index contributed by atoms with van der Waals surface area (Å²) >= 11 is 0. The molecule has 0 bridgehead atoms. The third kappa shape index (κ3) is 3.37. The van der Waals surface area contributed by atoms with Gasteiger partial charge in [-0.25, -0.2) is 0 Å². The Kier molecular flexibility index (Phi) is 3.95. The first-order chi connectivity index (χ1) is 6.95. The van der Waals surface area contributed by atoms with Gasteiger partial charge in [-0.15, -0.1) is 0 Å². The SMILES string of the molecule is CCC(C)(C)C(=O)OC1C=C(C)CCC1. The Bertz CT molecular complexity index is 264. The van der Waals surface area contributed by atoms with Crippen molar-refractivity contribution in [2.24, 2.45) is 5.41 Å². The maximum atomic E-state index is 11.8. The van der Waals surface area contributed by atoms with E-state index >= 15 is 0 Å². The van der Waals surface area contributed by atoms with Gasteiger partial charge in [0.25, 0.3) is 0 Å². The van der Waals surface area contributed by atoms with Crippen molar-refractivity contribution in [3.05, 3.63) is 11.6 Å². The van der Waals surface area contributed by atoms with E-state index in [1.165, 1.54) is 5.57 Å². The van der Waals surface area contributed by atoms with Gasteiger partial charge >= 0.3 is 5.97 Å². The molecule has 1 rings (SSSR count). The van der Waals surface area contributed by atoms with Crippen molar-refractivity contribution in [3.8, 4) is 0 Å². The van der Waals surface area contributed by atoms with Crippen LogP contribution in [0.1, 0.15) is 53.4 Å². The summed E-state index contributed by atoms with van der Waals surface area (Å²) in [5, 5.41) is 0. The predicted octanol–water partition coefficient (Wildman–Crippen LogP) is 3.46. The number of carbonyl (C=O) groups is 1. The molecule has 2 nitrogen and oxygen atoms in total. The van der Waals surface area contributed by atoms with Gasteiger partial charge in [-0.2, -0.15) is 0 Å². The summed E-state index contributed by atoms with van der Waals surface area (Å²) in [5.41, 5.74) is 0.993. The highest BCUT2D eigenvalue weighted by Gasteiger charge is 2.29. The Hall–Kier alpha value is -0.790. The van der Waals surface area contributed by atoms with E-state index in [0.717, 1.165) is 25.7 Å². The third-order valence-electron chi connectivity index (χ3n) is 3.23. The van der Waals surface area contributed by atoms with Crippen LogP contribution in [0.2, 0.25) is 0 Å². The number of rotatable bonds is 3. The topological polar surface area (TPSA) is 26.3 Å². The molecule has 0 spiro atoms. The van der Waals surface area contributed by atoms with Crippen LogP contribution in [0.25, 0.3) is 0 Å². The molecule has 1 atom stereocenters. The van der Waals surface area contributed by atoms with Gasteiger partial charge in [0.1, 0.15) is 6.10 Å². The fraction of sp³-hybridized carbons (Fsp3) is 0.769. The van der Waals surface area contributed by atoms with Gasteiger partial charge in [0.05, 0.1) is 5.41 Å². The zero-order chi connectivity index (χ0) is 11.5. The van der Waals surface area contributed by atoms with E-state index in [1.54, 1.807) is 0 Å². The number of ether oxygens (including phenoxy) is 1. The molecule has 1 unspecified atom stereocenters. The minimum atomic E-state index is -0.348. The van der Waals surface area contributed by atoms with Gasteiger partial charge in [0, 0.05) is 0 Å². The quantitative estimate of drug-likeness (QED) is 0.526. The van der Waals surface area contributed by atoms with Crippen molar-refractivity contribution in [3.63, 3.8) is 0 Å². The lowest BCUT2D eigenvalue weighted by molar-refractivity contribution is -0.158. The summed E-state index contributed by atoms with van der Waals surface area (Å²) in [4.78, 5) is 11.8. The van der Waals surface area contributed by atoms with Crippen LogP contribution < -0.4 is 0 Å². The molecule has 0 N–H and O–H groups in total. The highest BCUT2D eigenvalue weighted by Crippen LogP contribution is 2.26. The van der Waals surface area contributed by atoms with Crippen LogP contribution in [0.4, 0.5) is 0 Å². The highest BCUT2D eigenvalue weighted by molar-refractivity contribution is 5.76. The van der Waals surface area contributed by atoms with E-state index in [0.29, 0.717) is 0 Å². The molecule has 1 aliphatic rings. The fourth-order valence-electron chi connectivity index (χ4n) is 1.60. The summed E-state index contributed by atoms with van der Waals surface area (Å²) < 4.78 is 5.50. The molecule has 86 valence electrons. The second-order valence-electron chi connectivity index (χ2n) is 5.09. The van der Waals surface area contributed by atoms with E-state index in [-0.39, 0.29) is 17.5 Å². The van der Waals surface area contributed by atoms with Crippen LogP contribution in [0.5, 0.6) is 0 Å². The molecule has 0 aliphatic heterocycles. The van der Waals surface area contributed by atoms with Gasteiger partial charge < -0.3 is 4.74 Å². The zero-order valence-electron chi connectivity index (χ0n) is 10.3. The largest absolute Gasteiger partial charge is 0.458 e. The predicted molar refractivity (Wildman–Crippen MR) is 61.6 cm³/mol. The van der Waals surface area contributed by atoms with E-state index in [2.05, 4.69) is 13.0 Å². The van der Waals surface area contributed by atoms with Crippen LogP contribution in [-0.4, -0.2) is 12.1 Å². The van der Waals surface area contributed by atoms with E-state index in [9.17, 15) is 4.79 Å². The van der Waals surface area contributed by atoms with Crippen molar-refractivity contribution < 1.29 is 9.53 Å². The average molecular weight is 210 g/mol. The number of hydrogen-bond donors (Lipinski definition) is 0. The molecule has 0 aromatic rings. The molecular formula is C13H22O2. The molecule has 0 saturated carbocycles. The number of allylic oxidation sites excluding steroid dienone is 1. The van der Waals surface area contributed by atoms with Crippen LogP contribution in [-0.2, 0) is 9.53 Å². The second kappa shape index (κ2) is 4.82. The molecular weight excluding hydrogens is 188 g/mol. The molecule has 0 aromatic heterocycles. The normalized spacial score (nSPS) is 22.1. The number of esters is 1. The Morgan fingerprint density at radius 2 is 2.27 bits per heavy atom. The third-order valence-corrected chi connectivity index (χ3v) is 3.23. The van der Waals surface area contributed by atoms with Crippen molar-refractivity contribution >= 4 is 5.97 Å². The smallest absolute Gasteiger partial charge is 0.312 e. The average Bonchev–Trinajstić information content (AvgIpc) is 2.17. The van der Waals surface area contributed by atoms with Crippen molar-refractivity contribution in [1.29, 1.82) is 0 Å². The summed E-state index contributed by atoms with van der Waals surface area (Å²) in [7, 11) is 0.